The lowest BCUT2D eigenvalue weighted by atomic mass is 10.0. The number of amides is 1. The largest absolute Gasteiger partial charge is 0.480 e. The van der Waals surface area contributed by atoms with Gasteiger partial charge < -0.3 is 21.0 Å². The summed E-state index contributed by atoms with van der Waals surface area (Å²) in [6.45, 7) is 3.15. The number of rotatable bonds is 10. The Hall–Kier alpha value is -1.76. The Morgan fingerprint density at radius 3 is 2.20 bits per heavy atom. The lowest BCUT2D eigenvalue weighted by molar-refractivity contribution is -0.138. The van der Waals surface area contributed by atoms with Gasteiger partial charge in [-0.3, -0.25) is 14.4 Å². The van der Waals surface area contributed by atoms with Gasteiger partial charge in [0.25, 0.3) is 0 Å². The SMILES string of the molecule is CCC(NC(=O)CCC(N)C(=O)O)C(=O)CCC(C)=O. The molecule has 4 N–H and O–H groups in total. The predicted molar refractivity (Wildman–Crippen MR) is 72.0 cm³/mol. The van der Waals surface area contributed by atoms with Crippen LogP contribution in [0.3, 0.4) is 0 Å². The molecule has 0 aromatic carbocycles. The molecule has 1 amide bonds. The standard InChI is InChI=1S/C13H22N2O5/c1-3-10(11(17)6-4-8(2)16)15-12(18)7-5-9(14)13(19)20/h9-10H,3-7,14H2,1-2H3,(H,15,18)(H,19,20). The van der Waals surface area contributed by atoms with Crippen LogP contribution in [0.5, 0.6) is 0 Å². The zero-order valence-electron chi connectivity index (χ0n) is 11.8. The molecule has 0 saturated heterocycles. The number of aliphatic carboxylic acids is 1. The average molecular weight is 286 g/mol. The van der Waals surface area contributed by atoms with Crippen molar-refractivity contribution >= 4 is 23.4 Å². The van der Waals surface area contributed by atoms with Gasteiger partial charge in [-0.05, 0) is 19.8 Å². The van der Waals surface area contributed by atoms with Gasteiger partial charge in [0.15, 0.2) is 5.78 Å². The van der Waals surface area contributed by atoms with Crippen molar-refractivity contribution in [1.82, 2.24) is 5.32 Å². The zero-order valence-corrected chi connectivity index (χ0v) is 11.8. The topological polar surface area (TPSA) is 127 Å². The van der Waals surface area contributed by atoms with Gasteiger partial charge in [0.2, 0.25) is 5.91 Å². The Balaban J connectivity index is 4.21. The van der Waals surface area contributed by atoms with Gasteiger partial charge in [-0.25, -0.2) is 0 Å². The number of carbonyl (C=O) groups is 4. The Bertz CT molecular complexity index is 381. The maximum Gasteiger partial charge on any atom is 0.320 e. The Labute approximate surface area is 117 Å². The third-order valence-corrected chi connectivity index (χ3v) is 2.86. The molecule has 0 aromatic rings. The molecule has 7 heteroatoms. The van der Waals surface area contributed by atoms with Crippen LogP contribution in [-0.2, 0) is 19.2 Å². The number of hydrogen-bond donors (Lipinski definition) is 3. The maximum absolute atomic E-state index is 11.8. The van der Waals surface area contributed by atoms with Crippen LogP contribution in [0.15, 0.2) is 0 Å². The van der Waals surface area contributed by atoms with Crippen LogP contribution in [0.2, 0.25) is 0 Å². The van der Waals surface area contributed by atoms with E-state index >= 15 is 0 Å². The van der Waals surface area contributed by atoms with Gasteiger partial charge in [-0.2, -0.15) is 0 Å². The third kappa shape index (κ3) is 7.63. The van der Waals surface area contributed by atoms with Crippen molar-refractivity contribution in [2.75, 3.05) is 0 Å². The number of carboxylic acids is 1. The number of Topliss-reactive ketones (excluding diaryl/α,β-unsaturated/α-hetero) is 2. The van der Waals surface area contributed by atoms with Crippen molar-refractivity contribution in [2.45, 2.75) is 58.0 Å². The first-order valence-corrected chi connectivity index (χ1v) is 6.57. The third-order valence-electron chi connectivity index (χ3n) is 2.86. The minimum atomic E-state index is -1.16. The van der Waals surface area contributed by atoms with E-state index in [1.807, 2.05) is 0 Å². The first kappa shape index (κ1) is 18.2. The number of nitrogens with one attached hydrogen (secondary N) is 1. The highest BCUT2D eigenvalue weighted by Gasteiger charge is 2.20. The monoisotopic (exact) mass is 286 g/mol. The van der Waals surface area contributed by atoms with E-state index in [4.69, 9.17) is 10.8 Å². The fourth-order valence-corrected chi connectivity index (χ4v) is 1.56. The summed E-state index contributed by atoms with van der Waals surface area (Å²) >= 11 is 0. The van der Waals surface area contributed by atoms with Crippen molar-refractivity contribution in [2.24, 2.45) is 5.73 Å². The summed E-state index contributed by atoms with van der Waals surface area (Å²) in [5.41, 5.74) is 5.28. The summed E-state index contributed by atoms with van der Waals surface area (Å²) < 4.78 is 0. The summed E-state index contributed by atoms with van der Waals surface area (Å²) in [6.07, 6.45) is 0.647. The van der Waals surface area contributed by atoms with Crippen molar-refractivity contribution in [1.29, 1.82) is 0 Å². The molecule has 7 nitrogen and oxygen atoms in total. The molecule has 2 unspecified atom stereocenters. The van der Waals surface area contributed by atoms with Crippen molar-refractivity contribution in [3.05, 3.63) is 0 Å². The van der Waals surface area contributed by atoms with Crippen LogP contribution in [0.1, 0.15) is 46.0 Å². The molecule has 0 rings (SSSR count). The molecule has 0 spiro atoms. The first-order valence-electron chi connectivity index (χ1n) is 6.57. The number of nitrogens with two attached hydrogens (primary N) is 1. The summed E-state index contributed by atoms with van der Waals surface area (Å²) in [5, 5.41) is 11.1. The quantitative estimate of drug-likeness (QED) is 0.519. The van der Waals surface area contributed by atoms with Gasteiger partial charge in [-0.15, -0.1) is 0 Å². The summed E-state index contributed by atoms with van der Waals surface area (Å²) in [4.78, 5) is 44.7. The average Bonchev–Trinajstić information content (AvgIpc) is 2.38. The molecule has 0 heterocycles. The highest BCUT2D eigenvalue weighted by molar-refractivity contribution is 5.91. The van der Waals surface area contributed by atoms with Crippen molar-refractivity contribution in [3.63, 3.8) is 0 Å². The molecular formula is C13H22N2O5. The normalized spacial score (nSPS) is 13.3. The molecule has 114 valence electrons. The van der Waals surface area contributed by atoms with E-state index in [2.05, 4.69) is 5.32 Å². The lowest BCUT2D eigenvalue weighted by Gasteiger charge is -2.16. The van der Waals surface area contributed by atoms with E-state index in [1.165, 1.54) is 6.92 Å². The van der Waals surface area contributed by atoms with Crippen molar-refractivity contribution < 1.29 is 24.3 Å². The van der Waals surface area contributed by atoms with Crippen LogP contribution < -0.4 is 11.1 Å². The van der Waals surface area contributed by atoms with Gasteiger partial charge in [0.1, 0.15) is 11.8 Å². The number of hydrogen-bond acceptors (Lipinski definition) is 5. The van der Waals surface area contributed by atoms with Gasteiger partial charge in [0.05, 0.1) is 6.04 Å². The predicted octanol–water partition coefficient (Wildman–Crippen LogP) is 0.0116. The maximum atomic E-state index is 11.8. The van der Waals surface area contributed by atoms with Crippen LogP contribution in [0.4, 0.5) is 0 Å². The van der Waals surface area contributed by atoms with E-state index < -0.39 is 24.0 Å². The smallest absolute Gasteiger partial charge is 0.320 e. The molecule has 2 atom stereocenters. The summed E-state index contributed by atoms with van der Waals surface area (Å²) in [6, 6.07) is -1.72. The molecule has 0 bridgehead atoms. The number of carboxylic acid groups (broad SMARTS) is 1. The molecule has 0 fully saturated rings. The molecule has 0 radical (unpaired) electrons. The Morgan fingerprint density at radius 1 is 1.15 bits per heavy atom. The molecule has 20 heavy (non-hydrogen) atoms. The minimum absolute atomic E-state index is 0.0131. The molecule has 0 saturated carbocycles. The van der Waals surface area contributed by atoms with Crippen LogP contribution >= 0.6 is 0 Å². The van der Waals surface area contributed by atoms with E-state index in [9.17, 15) is 19.2 Å². The second kappa shape index (κ2) is 9.19. The fourth-order valence-electron chi connectivity index (χ4n) is 1.56. The molecule has 0 aromatic heterocycles. The van der Waals surface area contributed by atoms with E-state index in [1.54, 1.807) is 6.92 Å². The highest BCUT2D eigenvalue weighted by atomic mass is 16.4. The number of carbonyl (C=O) groups excluding carboxylic acids is 3. The summed E-state index contributed by atoms with van der Waals surface area (Å²) in [5.74, 6) is -1.85. The van der Waals surface area contributed by atoms with Gasteiger partial charge in [0, 0.05) is 19.3 Å². The lowest BCUT2D eigenvalue weighted by Crippen LogP contribution is -2.41. The minimum Gasteiger partial charge on any atom is -0.480 e. The van der Waals surface area contributed by atoms with E-state index in [0.29, 0.717) is 6.42 Å². The molecule has 0 aliphatic carbocycles. The second-order valence-corrected chi connectivity index (χ2v) is 4.68. The molecule has 0 aliphatic rings. The van der Waals surface area contributed by atoms with E-state index in [0.717, 1.165) is 0 Å². The summed E-state index contributed by atoms with van der Waals surface area (Å²) in [7, 11) is 0. The van der Waals surface area contributed by atoms with Crippen LogP contribution in [-0.4, -0.2) is 40.6 Å². The Morgan fingerprint density at radius 2 is 1.75 bits per heavy atom. The zero-order chi connectivity index (χ0) is 15.7. The Kier molecular flexibility index (Phi) is 8.38. The van der Waals surface area contributed by atoms with Gasteiger partial charge >= 0.3 is 5.97 Å². The van der Waals surface area contributed by atoms with Crippen molar-refractivity contribution in [3.8, 4) is 0 Å². The first-order chi connectivity index (χ1) is 9.27. The second-order valence-electron chi connectivity index (χ2n) is 4.68. The van der Waals surface area contributed by atoms with E-state index in [-0.39, 0.29) is 37.2 Å². The highest BCUT2D eigenvalue weighted by Crippen LogP contribution is 2.03. The van der Waals surface area contributed by atoms with Crippen LogP contribution in [0.25, 0.3) is 0 Å². The fraction of sp³-hybridized carbons (Fsp3) is 0.692. The van der Waals surface area contributed by atoms with Gasteiger partial charge in [-0.1, -0.05) is 6.92 Å². The molecular weight excluding hydrogens is 264 g/mol. The molecule has 0 aliphatic heterocycles. The number of ketones is 2. The van der Waals surface area contributed by atoms with Crippen LogP contribution in [0, 0.1) is 0 Å².